The lowest BCUT2D eigenvalue weighted by Crippen LogP contribution is -2.42. The Morgan fingerprint density at radius 3 is 2.48 bits per heavy atom. The van der Waals surface area contributed by atoms with Crippen molar-refractivity contribution in [3.05, 3.63) is 53.1 Å². The molecule has 1 amide bonds. The Morgan fingerprint density at radius 2 is 1.83 bits per heavy atom. The summed E-state index contributed by atoms with van der Waals surface area (Å²) in [5.74, 6) is 0.622. The molecule has 0 spiro atoms. The highest BCUT2D eigenvalue weighted by Crippen LogP contribution is 2.29. The van der Waals surface area contributed by atoms with Crippen molar-refractivity contribution in [2.24, 2.45) is 11.8 Å². The summed E-state index contributed by atoms with van der Waals surface area (Å²) in [4.78, 5) is 12.9. The van der Waals surface area contributed by atoms with Crippen LogP contribution in [-0.2, 0) is 10.0 Å². The number of halogens is 1. The quantitative estimate of drug-likeness (QED) is 0.759. The molecule has 8 heteroatoms. The molecule has 1 aliphatic rings. The summed E-state index contributed by atoms with van der Waals surface area (Å²) >= 11 is 6.01. The topological polar surface area (TPSA) is 75.7 Å². The molecule has 2 unspecified atom stereocenters. The molecule has 3 rings (SSSR count). The van der Waals surface area contributed by atoms with Crippen molar-refractivity contribution in [3.63, 3.8) is 0 Å². The van der Waals surface area contributed by atoms with Gasteiger partial charge >= 0.3 is 0 Å². The Hall–Kier alpha value is -2.09. The Bertz CT molecular complexity index is 999. The summed E-state index contributed by atoms with van der Waals surface area (Å²) in [6, 6.07) is 11.0. The van der Waals surface area contributed by atoms with Crippen LogP contribution in [0.15, 0.2) is 47.4 Å². The van der Waals surface area contributed by atoms with E-state index in [1.54, 1.807) is 30.3 Å². The minimum Gasteiger partial charge on any atom is -0.495 e. The van der Waals surface area contributed by atoms with Crippen molar-refractivity contribution in [2.45, 2.75) is 25.2 Å². The molecule has 0 bridgehead atoms. The SMILES string of the molecule is COc1ccc(Cl)cc1NC(=O)c1cccc(S(=O)(=O)N2CC(C)CC(C)C2)c1. The number of piperidine rings is 1. The molecule has 6 nitrogen and oxygen atoms in total. The minimum atomic E-state index is -3.67. The van der Waals surface area contributed by atoms with Crippen LogP contribution >= 0.6 is 11.6 Å². The lowest BCUT2D eigenvalue weighted by atomic mass is 9.94. The average Bonchev–Trinajstić information content (AvgIpc) is 2.67. The van der Waals surface area contributed by atoms with E-state index in [1.807, 2.05) is 0 Å². The number of nitrogens with one attached hydrogen (secondary N) is 1. The zero-order valence-electron chi connectivity index (χ0n) is 16.7. The van der Waals surface area contributed by atoms with Gasteiger partial charge in [-0.2, -0.15) is 4.31 Å². The fourth-order valence-electron chi connectivity index (χ4n) is 3.72. The Balaban J connectivity index is 1.86. The molecule has 0 aliphatic carbocycles. The Labute approximate surface area is 176 Å². The van der Waals surface area contributed by atoms with E-state index in [9.17, 15) is 13.2 Å². The number of amides is 1. The number of anilines is 1. The van der Waals surface area contributed by atoms with Gasteiger partial charge in [0.25, 0.3) is 5.91 Å². The van der Waals surface area contributed by atoms with Gasteiger partial charge < -0.3 is 10.1 Å². The predicted octanol–water partition coefficient (Wildman–Crippen LogP) is 4.27. The molecule has 1 aliphatic heterocycles. The number of carbonyl (C=O) groups excluding carboxylic acids is 1. The molecule has 2 aromatic carbocycles. The maximum atomic E-state index is 13.1. The normalized spacial score (nSPS) is 20.3. The highest BCUT2D eigenvalue weighted by Gasteiger charge is 2.32. The van der Waals surface area contributed by atoms with E-state index < -0.39 is 15.9 Å². The van der Waals surface area contributed by atoms with Crippen molar-refractivity contribution < 1.29 is 17.9 Å². The van der Waals surface area contributed by atoms with Gasteiger partial charge in [-0.05, 0) is 54.7 Å². The Kier molecular flexibility index (Phi) is 6.51. The van der Waals surface area contributed by atoms with Crippen molar-refractivity contribution in [3.8, 4) is 5.75 Å². The van der Waals surface area contributed by atoms with E-state index in [4.69, 9.17) is 16.3 Å². The van der Waals surface area contributed by atoms with Gasteiger partial charge in [-0.15, -0.1) is 0 Å². The second-order valence-electron chi connectivity index (χ2n) is 7.59. The summed E-state index contributed by atoms with van der Waals surface area (Å²) in [5, 5.41) is 3.18. The van der Waals surface area contributed by atoms with Crippen molar-refractivity contribution >= 4 is 33.2 Å². The van der Waals surface area contributed by atoms with Gasteiger partial charge in [-0.25, -0.2) is 8.42 Å². The van der Waals surface area contributed by atoms with E-state index in [1.165, 1.54) is 23.5 Å². The number of sulfonamides is 1. The monoisotopic (exact) mass is 436 g/mol. The van der Waals surface area contributed by atoms with Gasteiger partial charge in [0.05, 0.1) is 17.7 Å². The van der Waals surface area contributed by atoms with Crippen LogP contribution in [0.25, 0.3) is 0 Å². The van der Waals surface area contributed by atoms with Crippen LogP contribution in [-0.4, -0.2) is 38.8 Å². The highest BCUT2D eigenvalue weighted by atomic mass is 35.5. The summed E-state index contributed by atoms with van der Waals surface area (Å²) in [6.45, 7) is 5.09. The molecule has 1 saturated heterocycles. The second kappa shape index (κ2) is 8.73. The van der Waals surface area contributed by atoms with Gasteiger partial charge in [-0.1, -0.05) is 31.5 Å². The number of hydrogen-bond donors (Lipinski definition) is 1. The number of carbonyl (C=O) groups is 1. The van der Waals surface area contributed by atoms with Crippen molar-refractivity contribution in [1.29, 1.82) is 0 Å². The molecule has 2 aromatic rings. The third kappa shape index (κ3) is 4.91. The molecule has 1 fully saturated rings. The van der Waals surface area contributed by atoms with Crippen LogP contribution < -0.4 is 10.1 Å². The first-order valence-electron chi connectivity index (χ1n) is 9.46. The maximum absolute atomic E-state index is 13.1. The summed E-state index contributed by atoms with van der Waals surface area (Å²) in [7, 11) is -2.18. The Morgan fingerprint density at radius 1 is 1.14 bits per heavy atom. The molecule has 2 atom stereocenters. The van der Waals surface area contributed by atoms with Crippen molar-refractivity contribution in [2.75, 3.05) is 25.5 Å². The van der Waals surface area contributed by atoms with Crippen LogP contribution in [0.4, 0.5) is 5.69 Å². The van der Waals surface area contributed by atoms with Gasteiger partial charge in [-0.3, -0.25) is 4.79 Å². The third-order valence-electron chi connectivity index (χ3n) is 4.98. The number of benzene rings is 2. The lowest BCUT2D eigenvalue weighted by molar-refractivity contribution is 0.102. The lowest BCUT2D eigenvalue weighted by Gasteiger charge is -2.34. The minimum absolute atomic E-state index is 0.115. The van der Waals surface area contributed by atoms with E-state index in [0.29, 0.717) is 41.4 Å². The molecular weight excluding hydrogens is 412 g/mol. The molecular formula is C21H25ClN2O4S. The van der Waals surface area contributed by atoms with Crippen molar-refractivity contribution in [1.82, 2.24) is 4.31 Å². The third-order valence-corrected chi connectivity index (χ3v) is 7.04. The largest absolute Gasteiger partial charge is 0.495 e. The number of rotatable bonds is 5. The second-order valence-corrected chi connectivity index (χ2v) is 9.97. The highest BCUT2D eigenvalue weighted by molar-refractivity contribution is 7.89. The molecule has 0 saturated carbocycles. The van der Waals surface area contributed by atoms with E-state index in [2.05, 4.69) is 19.2 Å². The molecule has 1 N–H and O–H groups in total. The van der Waals surface area contributed by atoms with E-state index >= 15 is 0 Å². The van der Waals surface area contributed by atoms with E-state index in [0.717, 1.165) is 6.42 Å². The fourth-order valence-corrected chi connectivity index (χ4v) is 5.62. The predicted molar refractivity (Wildman–Crippen MR) is 114 cm³/mol. The van der Waals surface area contributed by atoms with Crippen LogP contribution in [0.2, 0.25) is 5.02 Å². The van der Waals surface area contributed by atoms with Crippen LogP contribution in [0.5, 0.6) is 5.75 Å². The number of methoxy groups -OCH3 is 1. The fraction of sp³-hybridized carbons (Fsp3) is 0.381. The number of ether oxygens (including phenoxy) is 1. The first kappa shape index (κ1) is 21.6. The van der Waals surface area contributed by atoms with Gasteiger partial charge in [0.2, 0.25) is 10.0 Å². The molecule has 0 radical (unpaired) electrons. The van der Waals surface area contributed by atoms with Crippen LogP contribution in [0, 0.1) is 11.8 Å². The van der Waals surface area contributed by atoms with Crippen LogP contribution in [0.3, 0.4) is 0 Å². The first-order valence-corrected chi connectivity index (χ1v) is 11.3. The first-order chi connectivity index (χ1) is 13.7. The number of hydrogen-bond acceptors (Lipinski definition) is 4. The van der Waals surface area contributed by atoms with Gasteiger partial charge in [0, 0.05) is 23.7 Å². The standard InChI is InChI=1S/C21H25ClN2O4S/c1-14-9-15(2)13-24(12-14)29(26,27)18-6-4-5-16(10-18)21(25)23-19-11-17(22)7-8-20(19)28-3/h4-8,10-11,14-15H,9,12-13H2,1-3H3,(H,23,25). The molecule has 0 aromatic heterocycles. The summed E-state index contributed by atoms with van der Waals surface area (Å²) in [5.41, 5.74) is 0.656. The maximum Gasteiger partial charge on any atom is 0.255 e. The molecule has 156 valence electrons. The molecule has 29 heavy (non-hydrogen) atoms. The zero-order chi connectivity index (χ0) is 21.2. The number of nitrogens with zero attached hydrogens (tertiary/aromatic N) is 1. The average molecular weight is 437 g/mol. The summed E-state index contributed by atoms with van der Waals surface area (Å²) in [6.07, 6.45) is 1.01. The van der Waals surface area contributed by atoms with E-state index in [-0.39, 0.29) is 10.5 Å². The molecule has 1 heterocycles. The van der Waals surface area contributed by atoms with Gasteiger partial charge in [0.1, 0.15) is 5.75 Å². The van der Waals surface area contributed by atoms with Crippen LogP contribution in [0.1, 0.15) is 30.6 Å². The zero-order valence-corrected chi connectivity index (χ0v) is 18.3. The van der Waals surface area contributed by atoms with Gasteiger partial charge in [0.15, 0.2) is 0 Å². The smallest absolute Gasteiger partial charge is 0.255 e. The summed E-state index contributed by atoms with van der Waals surface area (Å²) < 4.78 is 33.0.